The molecule has 0 atom stereocenters. The van der Waals surface area contributed by atoms with Gasteiger partial charge >= 0.3 is 0 Å². The van der Waals surface area contributed by atoms with Crippen molar-refractivity contribution in [1.82, 2.24) is 8.68 Å². The van der Waals surface area contributed by atoms with Crippen molar-refractivity contribution in [3.63, 3.8) is 0 Å². The van der Waals surface area contributed by atoms with Crippen LogP contribution in [-0.2, 0) is 10.0 Å². The summed E-state index contributed by atoms with van der Waals surface area (Å²) in [5.41, 5.74) is 5.59. The van der Waals surface area contributed by atoms with Gasteiger partial charge in [-0.25, -0.2) is 12.7 Å². The number of hydrogen-bond acceptors (Lipinski definition) is 6. The molecule has 3 N–H and O–H groups in total. The van der Waals surface area contributed by atoms with Gasteiger partial charge in [0.25, 0.3) is 0 Å². The van der Waals surface area contributed by atoms with Crippen molar-refractivity contribution >= 4 is 32.4 Å². The fourth-order valence-electron chi connectivity index (χ4n) is 1.08. The Morgan fingerprint density at radius 1 is 1.50 bits per heavy atom. The largest absolute Gasteiger partial charge is 0.382 e. The molecule has 1 aromatic rings. The second-order valence-corrected chi connectivity index (χ2v) is 6.30. The van der Waals surface area contributed by atoms with Gasteiger partial charge in [-0.15, -0.1) is 0 Å². The van der Waals surface area contributed by atoms with E-state index in [2.05, 4.69) is 9.69 Å². The third kappa shape index (κ3) is 2.45. The summed E-state index contributed by atoms with van der Waals surface area (Å²) >= 11 is 1.07. The normalized spacial score (nSPS) is 12.0. The fourth-order valence-corrected chi connectivity index (χ4v) is 3.18. The van der Waals surface area contributed by atoms with Gasteiger partial charge < -0.3 is 11.1 Å². The van der Waals surface area contributed by atoms with Crippen LogP contribution in [0.5, 0.6) is 0 Å². The molecule has 1 rings (SSSR count). The van der Waals surface area contributed by atoms with E-state index in [9.17, 15) is 8.42 Å². The first-order chi connectivity index (χ1) is 7.41. The highest BCUT2D eigenvalue weighted by Gasteiger charge is 2.27. The van der Waals surface area contributed by atoms with Crippen LogP contribution < -0.4 is 11.1 Å². The Morgan fingerprint density at radius 3 is 2.62 bits per heavy atom. The van der Waals surface area contributed by atoms with Gasteiger partial charge in [0.15, 0.2) is 10.7 Å². The van der Waals surface area contributed by atoms with E-state index < -0.39 is 10.0 Å². The topological polar surface area (TPSA) is 88.3 Å². The van der Waals surface area contributed by atoms with Gasteiger partial charge in [-0.3, -0.25) is 0 Å². The van der Waals surface area contributed by atoms with E-state index in [0.717, 1.165) is 22.3 Å². The summed E-state index contributed by atoms with van der Waals surface area (Å²) in [5.74, 6) is 0.0531. The number of rotatable bonds is 5. The van der Waals surface area contributed by atoms with Gasteiger partial charge in [0, 0.05) is 20.6 Å². The van der Waals surface area contributed by atoms with Gasteiger partial charge in [0.1, 0.15) is 5.00 Å². The predicted octanol–water partition coefficient (Wildman–Crippen LogP) is 0.798. The van der Waals surface area contributed by atoms with Crippen molar-refractivity contribution in [2.45, 2.75) is 18.2 Å². The number of nitrogens with zero attached hydrogens (tertiary/aromatic N) is 2. The van der Waals surface area contributed by atoms with E-state index in [4.69, 9.17) is 5.73 Å². The van der Waals surface area contributed by atoms with Crippen molar-refractivity contribution in [2.24, 2.45) is 0 Å². The maximum Gasteiger partial charge on any atom is 0.249 e. The summed E-state index contributed by atoms with van der Waals surface area (Å²) in [6, 6.07) is 0. The van der Waals surface area contributed by atoms with Crippen molar-refractivity contribution in [1.29, 1.82) is 0 Å². The summed E-state index contributed by atoms with van der Waals surface area (Å²) in [6.07, 6.45) is 0.902. The highest BCUT2D eigenvalue weighted by molar-refractivity contribution is 7.89. The lowest BCUT2D eigenvalue weighted by atomic mass is 10.5. The Kier molecular flexibility index (Phi) is 4.11. The molecular weight excluding hydrogens is 248 g/mol. The minimum atomic E-state index is -3.53. The van der Waals surface area contributed by atoms with Crippen LogP contribution >= 0.6 is 11.5 Å². The van der Waals surface area contributed by atoms with Crippen LogP contribution in [0.1, 0.15) is 13.3 Å². The quantitative estimate of drug-likeness (QED) is 0.821. The smallest absolute Gasteiger partial charge is 0.249 e. The van der Waals surface area contributed by atoms with E-state index in [1.807, 2.05) is 6.92 Å². The molecule has 0 aromatic carbocycles. The van der Waals surface area contributed by atoms with Crippen LogP contribution in [0.4, 0.5) is 10.8 Å². The Labute approximate surface area is 99.7 Å². The summed E-state index contributed by atoms with van der Waals surface area (Å²) in [6.45, 7) is 2.69. The molecule has 0 bridgehead atoms. The van der Waals surface area contributed by atoms with Crippen LogP contribution in [-0.4, -0.2) is 37.7 Å². The number of nitrogen functional groups attached to an aromatic ring is 1. The Morgan fingerprint density at radius 2 is 2.12 bits per heavy atom. The van der Waals surface area contributed by atoms with E-state index in [0.29, 0.717) is 11.5 Å². The third-order valence-corrected chi connectivity index (χ3v) is 4.79. The lowest BCUT2D eigenvalue weighted by Gasteiger charge is -2.12. The molecule has 0 amide bonds. The molecule has 0 unspecified atom stereocenters. The lowest BCUT2D eigenvalue weighted by molar-refractivity contribution is 0.521. The van der Waals surface area contributed by atoms with E-state index >= 15 is 0 Å². The van der Waals surface area contributed by atoms with E-state index in [1.54, 1.807) is 0 Å². The average molecular weight is 264 g/mol. The Bertz CT molecular complexity index is 453. The molecule has 0 aliphatic heterocycles. The number of nitrogens with two attached hydrogens (primary N) is 1. The van der Waals surface area contributed by atoms with Gasteiger partial charge in [-0.2, -0.15) is 4.37 Å². The molecule has 0 fully saturated rings. The zero-order chi connectivity index (χ0) is 12.3. The molecule has 0 aliphatic carbocycles. The van der Waals surface area contributed by atoms with Gasteiger partial charge in [-0.05, 0) is 18.0 Å². The molecule has 16 heavy (non-hydrogen) atoms. The molecule has 6 nitrogen and oxygen atoms in total. The minimum absolute atomic E-state index is 0.0531. The average Bonchev–Trinajstić information content (AvgIpc) is 2.56. The summed E-state index contributed by atoms with van der Waals surface area (Å²) in [4.78, 5) is 0.0796. The SMILES string of the molecule is CCCNc1snc(N)c1S(=O)(=O)N(C)C. The molecule has 0 saturated carbocycles. The van der Waals surface area contributed by atoms with Crippen LogP contribution in [0.15, 0.2) is 4.90 Å². The fraction of sp³-hybridized carbons (Fsp3) is 0.625. The monoisotopic (exact) mass is 264 g/mol. The van der Waals surface area contributed by atoms with Gasteiger partial charge in [0.2, 0.25) is 10.0 Å². The zero-order valence-corrected chi connectivity index (χ0v) is 11.2. The molecule has 0 saturated heterocycles. The third-order valence-electron chi connectivity index (χ3n) is 1.95. The van der Waals surface area contributed by atoms with Crippen molar-refractivity contribution < 1.29 is 8.42 Å². The van der Waals surface area contributed by atoms with Gasteiger partial charge in [-0.1, -0.05) is 6.92 Å². The minimum Gasteiger partial charge on any atom is -0.382 e. The second kappa shape index (κ2) is 4.98. The van der Waals surface area contributed by atoms with Crippen molar-refractivity contribution in [3.8, 4) is 0 Å². The molecule has 0 radical (unpaired) electrons. The van der Waals surface area contributed by atoms with Crippen molar-refractivity contribution in [3.05, 3.63) is 0 Å². The molecule has 1 heterocycles. The summed E-state index contributed by atoms with van der Waals surface area (Å²) in [7, 11) is -0.595. The number of nitrogens with one attached hydrogen (secondary N) is 1. The van der Waals surface area contributed by atoms with Crippen LogP contribution in [0.3, 0.4) is 0 Å². The number of sulfonamides is 1. The molecule has 8 heteroatoms. The van der Waals surface area contributed by atoms with Crippen LogP contribution in [0.25, 0.3) is 0 Å². The maximum atomic E-state index is 12.0. The Hall–Kier alpha value is -0.860. The summed E-state index contributed by atoms with van der Waals surface area (Å²) < 4.78 is 28.9. The second-order valence-electron chi connectivity index (χ2n) is 3.44. The maximum absolute atomic E-state index is 12.0. The Balaban J connectivity index is 3.17. The highest BCUT2D eigenvalue weighted by atomic mass is 32.2. The molecule has 1 aromatic heterocycles. The molecule has 92 valence electrons. The standard InChI is InChI=1S/C8H16N4O2S2/c1-4-5-10-8-6(7(9)11-15-8)16(13,14)12(2)3/h10H,4-5H2,1-3H3,(H2,9,11). The summed E-state index contributed by atoms with van der Waals surface area (Å²) in [5, 5.41) is 3.52. The molecular formula is C8H16N4O2S2. The number of anilines is 2. The molecule has 0 spiro atoms. The van der Waals surface area contributed by atoms with Crippen LogP contribution in [0.2, 0.25) is 0 Å². The molecule has 0 aliphatic rings. The number of aromatic nitrogens is 1. The first-order valence-corrected chi connectivity index (χ1v) is 7.04. The zero-order valence-electron chi connectivity index (χ0n) is 9.52. The van der Waals surface area contributed by atoms with Crippen LogP contribution in [0, 0.1) is 0 Å². The predicted molar refractivity (Wildman–Crippen MR) is 66.2 cm³/mol. The number of hydrogen-bond donors (Lipinski definition) is 2. The highest BCUT2D eigenvalue weighted by Crippen LogP contribution is 2.32. The van der Waals surface area contributed by atoms with Crippen molar-refractivity contribution in [2.75, 3.05) is 31.7 Å². The lowest BCUT2D eigenvalue weighted by Crippen LogP contribution is -2.23. The van der Waals surface area contributed by atoms with E-state index in [1.165, 1.54) is 14.1 Å². The first-order valence-electron chi connectivity index (χ1n) is 4.82. The van der Waals surface area contributed by atoms with Gasteiger partial charge in [0.05, 0.1) is 0 Å². The van der Waals surface area contributed by atoms with E-state index in [-0.39, 0.29) is 10.7 Å². The first kappa shape index (κ1) is 13.2.